The van der Waals surface area contributed by atoms with Crippen LogP contribution >= 0.6 is 0 Å². The molecule has 0 amide bonds. The highest BCUT2D eigenvalue weighted by molar-refractivity contribution is 5.71. The van der Waals surface area contributed by atoms with Crippen molar-refractivity contribution < 1.29 is 28.6 Å². The minimum Gasteiger partial charge on any atom is -0.462 e. The molecule has 6 heteroatoms. The first-order valence-corrected chi connectivity index (χ1v) is 24.2. The molecule has 0 radical (unpaired) electrons. The molecule has 57 heavy (non-hydrogen) atoms. The monoisotopic (exact) mass is 799 g/mol. The maximum absolute atomic E-state index is 12.7. The zero-order valence-corrected chi connectivity index (χ0v) is 37.6. The van der Waals surface area contributed by atoms with Crippen LogP contribution in [0.3, 0.4) is 0 Å². The normalized spacial score (nSPS) is 12.4. The number of ether oxygens (including phenoxy) is 3. The van der Waals surface area contributed by atoms with E-state index in [-0.39, 0.29) is 31.1 Å². The van der Waals surface area contributed by atoms with Gasteiger partial charge >= 0.3 is 17.9 Å². The lowest BCUT2D eigenvalue weighted by Gasteiger charge is -2.18. The molecule has 6 nitrogen and oxygen atoms in total. The lowest BCUT2D eigenvalue weighted by molar-refractivity contribution is -0.167. The Balaban J connectivity index is 4.38. The van der Waals surface area contributed by atoms with Crippen LogP contribution in [0.5, 0.6) is 0 Å². The van der Waals surface area contributed by atoms with Crippen molar-refractivity contribution >= 4 is 17.9 Å². The van der Waals surface area contributed by atoms with Crippen LogP contribution < -0.4 is 0 Å². The summed E-state index contributed by atoms with van der Waals surface area (Å²) in [6.07, 6.45) is 53.7. The number of carbonyl (C=O) groups excluding carboxylic acids is 3. The summed E-state index contributed by atoms with van der Waals surface area (Å²) in [7, 11) is 0. The first kappa shape index (κ1) is 54.4. The molecular formula is C51H90O6. The van der Waals surface area contributed by atoms with Gasteiger partial charge in [0.1, 0.15) is 13.2 Å². The number of unbranched alkanes of at least 4 members (excludes halogenated alkanes) is 26. The summed E-state index contributed by atoms with van der Waals surface area (Å²) in [5.74, 6) is -0.897. The van der Waals surface area contributed by atoms with Crippen LogP contribution in [0.15, 0.2) is 48.6 Å². The van der Waals surface area contributed by atoms with E-state index in [9.17, 15) is 14.4 Å². The largest absolute Gasteiger partial charge is 0.462 e. The molecular weight excluding hydrogens is 709 g/mol. The van der Waals surface area contributed by atoms with Crippen LogP contribution in [-0.2, 0) is 28.6 Å². The molecule has 1 unspecified atom stereocenters. The minimum absolute atomic E-state index is 0.0785. The molecule has 0 aliphatic rings. The summed E-state index contributed by atoms with van der Waals surface area (Å²) in [5, 5.41) is 0. The third-order valence-electron chi connectivity index (χ3n) is 10.4. The van der Waals surface area contributed by atoms with Crippen LogP contribution in [0.4, 0.5) is 0 Å². The maximum Gasteiger partial charge on any atom is 0.306 e. The molecule has 0 bridgehead atoms. The summed E-state index contributed by atoms with van der Waals surface area (Å²) in [5.41, 5.74) is 0. The molecule has 0 spiro atoms. The Morgan fingerprint density at radius 2 is 0.702 bits per heavy atom. The van der Waals surface area contributed by atoms with Crippen LogP contribution in [-0.4, -0.2) is 37.2 Å². The Bertz CT molecular complexity index is 1010. The molecule has 0 rings (SSSR count). The van der Waals surface area contributed by atoms with E-state index in [4.69, 9.17) is 14.2 Å². The van der Waals surface area contributed by atoms with E-state index >= 15 is 0 Å². The van der Waals surface area contributed by atoms with E-state index in [0.29, 0.717) is 19.3 Å². The first-order valence-electron chi connectivity index (χ1n) is 24.2. The van der Waals surface area contributed by atoms with Gasteiger partial charge in [-0.3, -0.25) is 14.4 Å². The van der Waals surface area contributed by atoms with Gasteiger partial charge in [-0.15, -0.1) is 0 Å². The highest BCUT2D eigenvalue weighted by Gasteiger charge is 2.19. The van der Waals surface area contributed by atoms with Gasteiger partial charge in [0.15, 0.2) is 6.10 Å². The van der Waals surface area contributed by atoms with Crippen LogP contribution in [0.2, 0.25) is 0 Å². The molecule has 0 aliphatic heterocycles. The molecule has 0 aromatic carbocycles. The Morgan fingerprint density at radius 1 is 0.368 bits per heavy atom. The summed E-state index contributed by atoms with van der Waals surface area (Å²) >= 11 is 0. The molecule has 0 heterocycles. The van der Waals surface area contributed by atoms with Gasteiger partial charge in [-0.1, -0.05) is 204 Å². The van der Waals surface area contributed by atoms with Crippen molar-refractivity contribution in [2.24, 2.45) is 0 Å². The topological polar surface area (TPSA) is 78.9 Å². The zero-order valence-electron chi connectivity index (χ0n) is 37.6. The van der Waals surface area contributed by atoms with Crippen LogP contribution in [0, 0.1) is 0 Å². The van der Waals surface area contributed by atoms with Crippen molar-refractivity contribution in [2.75, 3.05) is 13.2 Å². The van der Waals surface area contributed by atoms with E-state index in [2.05, 4.69) is 69.4 Å². The predicted octanol–water partition coefficient (Wildman–Crippen LogP) is 15.5. The molecule has 0 aliphatic carbocycles. The van der Waals surface area contributed by atoms with Crippen LogP contribution in [0.25, 0.3) is 0 Å². The molecule has 330 valence electrons. The van der Waals surface area contributed by atoms with Crippen molar-refractivity contribution in [3.05, 3.63) is 48.6 Å². The van der Waals surface area contributed by atoms with Gasteiger partial charge in [-0.05, 0) is 64.2 Å². The smallest absolute Gasteiger partial charge is 0.306 e. The SMILES string of the molecule is CC\C=C/C=C\C=C/CCCCCCCCCC(=O)OCC(COC(=O)CCCCCCCCCCCCCC)OC(=O)CCCCCCC/C=C\CCCCC. The molecule has 0 N–H and O–H groups in total. The van der Waals surface area contributed by atoms with Crippen molar-refractivity contribution in [3.8, 4) is 0 Å². The summed E-state index contributed by atoms with van der Waals surface area (Å²) in [6.45, 7) is 6.46. The molecule has 0 aromatic rings. The lowest BCUT2D eigenvalue weighted by Crippen LogP contribution is -2.30. The summed E-state index contributed by atoms with van der Waals surface area (Å²) in [4.78, 5) is 37.8. The predicted molar refractivity (Wildman–Crippen MR) is 242 cm³/mol. The number of esters is 3. The Kier molecular flexibility index (Phi) is 43.9. The number of carbonyl (C=O) groups is 3. The van der Waals surface area contributed by atoms with Crippen molar-refractivity contribution in [1.29, 1.82) is 0 Å². The maximum atomic E-state index is 12.7. The highest BCUT2D eigenvalue weighted by Crippen LogP contribution is 2.15. The van der Waals surface area contributed by atoms with Gasteiger partial charge in [-0.2, -0.15) is 0 Å². The van der Waals surface area contributed by atoms with Gasteiger partial charge in [0.25, 0.3) is 0 Å². The van der Waals surface area contributed by atoms with Gasteiger partial charge in [-0.25, -0.2) is 0 Å². The van der Waals surface area contributed by atoms with Crippen molar-refractivity contribution in [3.63, 3.8) is 0 Å². The average molecular weight is 799 g/mol. The summed E-state index contributed by atoms with van der Waals surface area (Å²) < 4.78 is 16.7. The third-order valence-corrected chi connectivity index (χ3v) is 10.4. The van der Waals surface area contributed by atoms with Gasteiger partial charge < -0.3 is 14.2 Å². The van der Waals surface area contributed by atoms with E-state index in [1.807, 2.05) is 0 Å². The average Bonchev–Trinajstić information content (AvgIpc) is 3.21. The number of allylic oxidation sites excluding steroid dienone is 8. The number of hydrogen-bond acceptors (Lipinski definition) is 6. The first-order chi connectivity index (χ1) is 28.0. The molecule has 0 saturated carbocycles. The van der Waals surface area contributed by atoms with E-state index in [1.54, 1.807) is 0 Å². The molecule has 0 saturated heterocycles. The highest BCUT2D eigenvalue weighted by atomic mass is 16.6. The fourth-order valence-electron chi connectivity index (χ4n) is 6.73. The third kappa shape index (κ3) is 44.3. The van der Waals surface area contributed by atoms with Gasteiger partial charge in [0.05, 0.1) is 0 Å². The lowest BCUT2D eigenvalue weighted by atomic mass is 10.0. The Morgan fingerprint density at radius 3 is 1.14 bits per heavy atom. The summed E-state index contributed by atoms with van der Waals surface area (Å²) in [6, 6.07) is 0. The molecule has 0 aromatic heterocycles. The van der Waals surface area contributed by atoms with Crippen molar-refractivity contribution in [1.82, 2.24) is 0 Å². The fraction of sp³-hybridized carbons (Fsp3) is 0.784. The van der Waals surface area contributed by atoms with E-state index < -0.39 is 6.10 Å². The van der Waals surface area contributed by atoms with E-state index in [0.717, 1.165) is 83.5 Å². The molecule has 0 fully saturated rings. The van der Waals surface area contributed by atoms with Crippen LogP contribution in [0.1, 0.15) is 239 Å². The number of rotatable bonds is 43. The Hall–Kier alpha value is -2.63. The molecule has 1 atom stereocenters. The fourth-order valence-corrected chi connectivity index (χ4v) is 6.73. The second kappa shape index (κ2) is 46.1. The van der Waals surface area contributed by atoms with Gasteiger partial charge in [0.2, 0.25) is 0 Å². The quantitative estimate of drug-likeness (QED) is 0.0201. The van der Waals surface area contributed by atoms with Crippen molar-refractivity contribution in [2.45, 2.75) is 245 Å². The standard InChI is InChI=1S/C51H90O6/c1-4-7-10-13-16-19-22-25-26-27-30-32-35-38-41-44-50(53)56-47-48(57-51(54)45-42-39-36-33-29-24-21-18-15-12-9-6-3)46-55-49(52)43-40-37-34-31-28-23-20-17-14-11-8-5-2/h7,10,13,16,18-19,21-22,48H,4-6,8-9,11-12,14-15,17,20,23-47H2,1-3H3/b10-7-,16-13-,21-18-,22-19-. The second-order valence-electron chi connectivity index (χ2n) is 16.1. The van der Waals surface area contributed by atoms with Gasteiger partial charge in [0, 0.05) is 19.3 Å². The minimum atomic E-state index is -0.778. The van der Waals surface area contributed by atoms with E-state index in [1.165, 1.54) is 116 Å². The Labute approximate surface area is 352 Å². The second-order valence-corrected chi connectivity index (χ2v) is 16.1. The zero-order chi connectivity index (χ0) is 41.5. The number of hydrogen-bond donors (Lipinski definition) is 0.